The molecule has 124 valence electrons. The second-order valence-corrected chi connectivity index (χ2v) is 7.76. The van der Waals surface area contributed by atoms with E-state index >= 15 is 0 Å². The highest BCUT2D eigenvalue weighted by Gasteiger charge is 2.51. The van der Waals surface area contributed by atoms with Gasteiger partial charge in [-0.2, -0.15) is 0 Å². The summed E-state index contributed by atoms with van der Waals surface area (Å²) in [5.74, 6) is 3.02. The van der Waals surface area contributed by atoms with Crippen LogP contribution in [0.1, 0.15) is 46.0 Å². The van der Waals surface area contributed by atoms with Crippen molar-refractivity contribution in [1.82, 2.24) is 4.90 Å². The van der Waals surface area contributed by atoms with Crippen LogP contribution >= 0.6 is 0 Å². The number of ether oxygens (including phenoxy) is 1. The van der Waals surface area contributed by atoms with Crippen LogP contribution in [0.2, 0.25) is 0 Å². The molecule has 4 fully saturated rings. The summed E-state index contributed by atoms with van der Waals surface area (Å²) in [6.45, 7) is 5.03. The Hall–Kier alpha value is -1.06. The molecule has 1 atom stereocenters. The number of esters is 1. The number of carbonyl (C=O) groups is 2. The number of hydrogen-bond donors (Lipinski definition) is 0. The van der Waals surface area contributed by atoms with Crippen molar-refractivity contribution in [3.05, 3.63) is 0 Å². The van der Waals surface area contributed by atoms with Crippen LogP contribution in [-0.2, 0) is 14.3 Å². The summed E-state index contributed by atoms with van der Waals surface area (Å²) in [6, 6.07) is 0. The summed E-state index contributed by atoms with van der Waals surface area (Å²) < 4.78 is 4.80. The lowest BCUT2D eigenvalue weighted by molar-refractivity contribution is -0.152. The van der Waals surface area contributed by atoms with Gasteiger partial charge in [0, 0.05) is 19.0 Å². The van der Waals surface area contributed by atoms with Crippen LogP contribution in [0.5, 0.6) is 0 Å². The average molecular weight is 307 g/mol. The highest BCUT2D eigenvalue weighted by atomic mass is 16.5. The van der Waals surface area contributed by atoms with Crippen LogP contribution < -0.4 is 0 Å². The summed E-state index contributed by atoms with van der Waals surface area (Å²) >= 11 is 0. The third-order valence-corrected chi connectivity index (χ3v) is 6.30. The summed E-state index contributed by atoms with van der Waals surface area (Å²) in [6.07, 6.45) is 6.44. The quantitative estimate of drug-likeness (QED) is 0.734. The van der Waals surface area contributed by atoms with Gasteiger partial charge in [-0.3, -0.25) is 9.59 Å². The molecule has 4 heteroatoms. The Morgan fingerprint density at radius 1 is 1.09 bits per heavy atom. The third kappa shape index (κ3) is 2.77. The zero-order chi connectivity index (χ0) is 15.9. The highest BCUT2D eigenvalue weighted by Crippen LogP contribution is 2.56. The van der Waals surface area contributed by atoms with E-state index in [4.69, 9.17) is 4.74 Å². The maximum atomic E-state index is 13.1. The molecule has 4 aliphatic rings. The zero-order valence-corrected chi connectivity index (χ0v) is 14.1. The molecule has 0 heterocycles. The van der Waals surface area contributed by atoms with Crippen molar-refractivity contribution in [1.29, 1.82) is 0 Å². The Balaban J connectivity index is 1.68. The predicted octanol–water partition coefficient (Wildman–Crippen LogP) is 2.72. The normalized spacial score (nSPS) is 37.0. The fourth-order valence-electron chi connectivity index (χ4n) is 5.52. The molecule has 0 spiro atoms. The second kappa shape index (κ2) is 6.21. The van der Waals surface area contributed by atoms with Gasteiger partial charge < -0.3 is 9.64 Å². The standard InChI is InChI=1S/C18H29NO3/c1-4-19(10-11(2)18(21)22-3)17(20)16-14-6-12-5-13(8-14)9-15(16)7-12/h11-16H,4-10H2,1-3H3. The molecule has 0 aromatic carbocycles. The fraction of sp³-hybridized carbons (Fsp3) is 0.889. The van der Waals surface area contributed by atoms with Crippen LogP contribution in [0.15, 0.2) is 0 Å². The second-order valence-electron chi connectivity index (χ2n) is 7.76. The lowest BCUT2D eigenvalue weighted by Gasteiger charge is -2.54. The Bertz CT molecular complexity index is 420. The van der Waals surface area contributed by atoms with Crippen molar-refractivity contribution in [2.45, 2.75) is 46.0 Å². The van der Waals surface area contributed by atoms with E-state index in [1.165, 1.54) is 39.2 Å². The van der Waals surface area contributed by atoms with Gasteiger partial charge >= 0.3 is 5.97 Å². The van der Waals surface area contributed by atoms with Crippen molar-refractivity contribution in [2.24, 2.45) is 35.5 Å². The lowest BCUT2D eigenvalue weighted by atomic mass is 9.51. The molecule has 0 saturated heterocycles. The van der Waals surface area contributed by atoms with E-state index in [0.29, 0.717) is 30.8 Å². The molecule has 0 aromatic rings. The van der Waals surface area contributed by atoms with Crippen molar-refractivity contribution in [2.75, 3.05) is 20.2 Å². The first kappa shape index (κ1) is 15.8. The van der Waals surface area contributed by atoms with E-state index in [2.05, 4.69) is 0 Å². The third-order valence-electron chi connectivity index (χ3n) is 6.30. The fourth-order valence-corrected chi connectivity index (χ4v) is 5.52. The van der Waals surface area contributed by atoms with Crippen molar-refractivity contribution < 1.29 is 14.3 Å². The average Bonchev–Trinajstić information content (AvgIpc) is 2.50. The first-order valence-corrected chi connectivity index (χ1v) is 8.90. The molecule has 0 N–H and O–H groups in total. The molecule has 4 rings (SSSR count). The van der Waals surface area contributed by atoms with E-state index in [0.717, 1.165) is 11.8 Å². The molecule has 1 amide bonds. The summed E-state index contributed by atoms with van der Waals surface area (Å²) in [7, 11) is 1.41. The van der Waals surface area contributed by atoms with E-state index in [1.54, 1.807) is 0 Å². The Kier molecular flexibility index (Phi) is 4.47. The van der Waals surface area contributed by atoms with Gasteiger partial charge in [-0.05, 0) is 62.7 Å². The maximum Gasteiger partial charge on any atom is 0.310 e. The molecule has 4 aliphatic carbocycles. The van der Waals surface area contributed by atoms with Gasteiger partial charge in [0.1, 0.15) is 0 Å². The Morgan fingerprint density at radius 3 is 2.09 bits per heavy atom. The minimum Gasteiger partial charge on any atom is -0.469 e. The van der Waals surface area contributed by atoms with Crippen molar-refractivity contribution >= 4 is 11.9 Å². The smallest absolute Gasteiger partial charge is 0.310 e. The monoisotopic (exact) mass is 307 g/mol. The molecule has 4 nitrogen and oxygen atoms in total. The van der Waals surface area contributed by atoms with Crippen molar-refractivity contribution in [3.63, 3.8) is 0 Å². The van der Waals surface area contributed by atoms with Gasteiger partial charge in [-0.1, -0.05) is 6.92 Å². The number of hydrogen-bond acceptors (Lipinski definition) is 3. The first-order chi connectivity index (χ1) is 10.5. The number of rotatable bonds is 5. The highest BCUT2D eigenvalue weighted by molar-refractivity contribution is 5.81. The first-order valence-electron chi connectivity index (χ1n) is 8.90. The molecule has 1 unspecified atom stereocenters. The molecule has 4 saturated carbocycles. The Morgan fingerprint density at radius 2 is 1.64 bits per heavy atom. The zero-order valence-electron chi connectivity index (χ0n) is 14.1. The van der Waals surface area contributed by atoms with Crippen LogP contribution in [0.25, 0.3) is 0 Å². The molecular formula is C18H29NO3. The summed E-state index contributed by atoms with van der Waals surface area (Å²) in [4.78, 5) is 26.6. The van der Waals surface area contributed by atoms with Gasteiger partial charge in [0.2, 0.25) is 5.91 Å². The van der Waals surface area contributed by atoms with Crippen molar-refractivity contribution in [3.8, 4) is 0 Å². The van der Waals surface area contributed by atoms with Gasteiger partial charge in [0.25, 0.3) is 0 Å². The number of methoxy groups -OCH3 is 1. The minimum atomic E-state index is -0.245. The summed E-state index contributed by atoms with van der Waals surface area (Å²) in [5.41, 5.74) is 0. The molecule has 22 heavy (non-hydrogen) atoms. The number of amides is 1. The SMILES string of the molecule is CCN(CC(C)C(=O)OC)C(=O)C1C2CC3CC(C2)CC1C3. The minimum absolute atomic E-state index is 0.220. The van der Waals surface area contributed by atoms with E-state index in [9.17, 15) is 9.59 Å². The Labute approximate surface area is 133 Å². The summed E-state index contributed by atoms with van der Waals surface area (Å²) in [5, 5.41) is 0. The van der Waals surface area contributed by atoms with Crippen LogP contribution in [0.4, 0.5) is 0 Å². The van der Waals surface area contributed by atoms with E-state index in [1.807, 2.05) is 18.7 Å². The van der Waals surface area contributed by atoms with E-state index in [-0.39, 0.29) is 17.8 Å². The lowest BCUT2D eigenvalue weighted by Crippen LogP contribution is -2.52. The molecule has 0 aromatic heterocycles. The van der Waals surface area contributed by atoms with Gasteiger partial charge in [0.05, 0.1) is 13.0 Å². The van der Waals surface area contributed by atoms with E-state index < -0.39 is 0 Å². The number of nitrogens with zero attached hydrogens (tertiary/aromatic N) is 1. The van der Waals surface area contributed by atoms with Crippen LogP contribution in [0.3, 0.4) is 0 Å². The number of carbonyl (C=O) groups excluding carboxylic acids is 2. The van der Waals surface area contributed by atoms with Gasteiger partial charge in [-0.25, -0.2) is 0 Å². The predicted molar refractivity (Wildman–Crippen MR) is 84.0 cm³/mol. The largest absolute Gasteiger partial charge is 0.469 e. The molecule has 0 aliphatic heterocycles. The van der Waals surface area contributed by atoms with Gasteiger partial charge in [0.15, 0.2) is 0 Å². The maximum absolute atomic E-state index is 13.1. The van der Waals surface area contributed by atoms with Crippen LogP contribution in [-0.4, -0.2) is 37.0 Å². The van der Waals surface area contributed by atoms with Crippen LogP contribution in [0, 0.1) is 35.5 Å². The molecule has 4 bridgehead atoms. The topological polar surface area (TPSA) is 46.6 Å². The molecular weight excluding hydrogens is 278 g/mol. The molecule has 0 radical (unpaired) electrons. The van der Waals surface area contributed by atoms with Gasteiger partial charge in [-0.15, -0.1) is 0 Å².